The van der Waals surface area contributed by atoms with E-state index in [4.69, 9.17) is 0 Å². The first-order valence-electron chi connectivity index (χ1n) is 4.50. The second-order valence-corrected chi connectivity index (χ2v) is 3.13. The molecule has 0 N–H and O–H groups in total. The smallest absolute Gasteiger partial charge is 0.283 e. The summed E-state index contributed by atoms with van der Waals surface area (Å²) in [6.07, 6.45) is 0. The van der Waals surface area contributed by atoms with Crippen LogP contribution in [0.2, 0.25) is 0 Å². The van der Waals surface area contributed by atoms with Crippen molar-refractivity contribution in [3.05, 3.63) is 35.4 Å². The third kappa shape index (κ3) is 2.41. The van der Waals surface area contributed by atoms with Gasteiger partial charge in [-0.1, -0.05) is 24.3 Å². The predicted octanol–water partition coefficient (Wildman–Crippen LogP) is 1.20. The van der Waals surface area contributed by atoms with Gasteiger partial charge in [-0.25, -0.2) is 5.06 Å². The Morgan fingerprint density at radius 3 is 2.40 bits per heavy atom. The van der Waals surface area contributed by atoms with Crippen LogP contribution in [0.25, 0.3) is 0 Å². The molecule has 1 amide bonds. The Kier molecular flexibility index (Phi) is 3.57. The molecule has 0 bridgehead atoms. The number of rotatable bonds is 3. The van der Waals surface area contributed by atoms with Crippen molar-refractivity contribution in [3.63, 3.8) is 0 Å². The summed E-state index contributed by atoms with van der Waals surface area (Å²) < 4.78 is 0. The molecule has 0 saturated carbocycles. The van der Waals surface area contributed by atoms with Crippen molar-refractivity contribution in [1.29, 1.82) is 0 Å². The highest BCUT2D eigenvalue weighted by molar-refractivity contribution is 6.42. The molecule has 0 aliphatic rings. The highest BCUT2D eigenvalue weighted by atomic mass is 16.7. The van der Waals surface area contributed by atoms with Crippen LogP contribution in [0.4, 0.5) is 0 Å². The molecule has 0 heterocycles. The van der Waals surface area contributed by atoms with Crippen LogP contribution in [0.1, 0.15) is 15.9 Å². The zero-order valence-electron chi connectivity index (χ0n) is 8.98. The lowest BCUT2D eigenvalue weighted by Crippen LogP contribution is -2.32. The Labute approximate surface area is 88.4 Å². The normalized spacial score (nSPS) is 9.80. The molecule has 4 heteroatoms. The molecule has 0 spiro atoms. The van der Waals surface area contributed by atoms with Gasteiger partial charge in [0.2, 0.25) is 0 Å². The summed E-state index contributed by atoms with van der Waals surface area (Å²) in [7, 11) is 2.74. The number of nitrogens with zero attached hydrogens (tertiary/aromatic N) is 1. The summed E-state index contributed by atoms with van der Waals surface area (Å²) in [5.74, 6) is -1.23. The van der Waals surface area contributed by atoms with Crippen LogP contribution in [-0.2, 0) is 9.63 Å². The largest absolute Gasteiger partial charge is 0.318 e. The predicted molar refractivity (Wildman–Crippen MR) is 55.3 cm³/mol. The standard InChI is InChI=1S/C11H13NO3/c1-8-6-4-5-7-9(8)10(13)11(14)12(2)15-3/h4-7H,1-3H3. The molecule has 0 aliphatic heterocycles. The molecule has 0 radical (unpaired) electrons. The maximum atomic E-state index is 11.7. The highest BCUT2D eigenvalue weighted by Crippen LogP contribution is 2.09. The van der Waals surface area contributed by atoms with E-state index >= 15 is 0 Å². The second kappa shape index (κ2) is 4.70. The van der Waals surface area contributed by atoms with Gasteiger partial charge in [0, 0.05) is 12.6 Å². The minimum Gasteiger partial charge on any atom is -0.283 e. The van der Waals surface area contributed by atoms with Crippen LogP contribution in [-0.4, -0.2) is 30.9 Å². The summed E-state index contributed by atoms with van der Waals surface area (Å²) in [5, 5.41) is 0.911. The number of amides is 1. The summed E-state index contributed by atoms with van der Waals surface area (Å²) >= 11 is 0. The molecule has 1 rings (SSSR count). The maximum absolute atomic E-state index is 11.7. The van der Waals surface area contributed by atoms with Crippen molar-refractivity contribution < 1.29 is 14.4 Å². The summed E-state index contributed by atoms with van der Waals surface area (Å²) in [6.45, 7) is 1.79. The Morgan fingerprint density at radius 2 is 1.87 bits per heavy atom. The number of hydroxylamine groups is 2. The van der Waals surface area contributed by atoms with E-state index in [1.165, 1.54) is 14.2 Å². The van der Waals surface area contributed by atoms with Crippen LogP contribution >= 0.6 is 0 Å². The van der Waals surface area contributed by atoms with E-state index in [1.54, 1.807) is 25.1 Å². The third-order valence-electron chi connectivity index (χ3n) is 2.14. The van der Waals surface area contributed by atoms with Gasteiger partial charge in [0.05, 0.1) is 7.11 Å². The van der Waals surface area contributed by atoms with Crippen LogP contribution < -0.4 is 0 Å². The Balaban J connectivity index is 2.96. The molecule has 0 unspecified atom stereocenters. The summed E-state index contributed by atoms with van der Waals surface area (Å²) in [6, 6.07) is 6.95. The first kappa shape index (κ1) is 11.4. The van der Waals surface area contributed by atoms with Crippen LogP contribution in [0.15, 0.2) is 24.3 Å². The Hall–Kier alpha value is -1.68. The van der Waals surface area contributed by atoms with Gasteiger partial charge in [0.1, 0.15) is 0 Å². The van der Waals surface area contributed by atoms with Crippen molar-refractivity contribution in [1.82, 2.24) is 5.06 Å². The van der Waals surface area contributed by atoms with Gasteiger partial charge in [-0.05, 0) is 12.5 Å². The molecular formula is C11H13NO3. The molecule has 0 saturated heterocycles. The first-order chi connectivity index (χ1) is 7.07. The lowest BCUT2D eigenvalue weighted by molar-refractivity contribution is -0.162. The second-order valence-electron chi connectivity index (χ2n) is 3.13. The van der Waals surface area contributed by atoms with Gasteiger partial charge in [0.25, 0.3) is 5.78 Å². The number of carbonyl (C=O) groups is 2. The van der Waals surface area contributed by atoms with E-state index in [0.717, 1.165) is 10.6 Å². The van der Waals surface area contributed by atoms with Crippen LogP contribution in [0, 0.1) is 6.92 Å². The van der Waals surface area contributed by atoms with E-state index in [9.17, 15) is 9.59 Å². The third-order valence-corrected chi connectivity index (χ3v) is 2.14. The quantitative estimate of drug-likeness (QED) is 0.425. The molecule has 0 fully saturated rings. The molecule has 4 nitrogen and oxygen atoms in total. The number of Topliss-reactive ketones (excluding diaryl/α,β-unsaturated/α-hetero) is 1. The number of ketones is 1. The average molecular weight is 207 g/mol. The molecule has 80 valence electrons. The lowest BCUT2D eigenvalue weighted by Gasteiger charge is -2.12. The fourth-order valence-corrected chi connectivity index (χ4v) is 1.17. The topological polar surface area (TPSA) is 46.6 Å². The van der Waals surface area contributed by atoms with Gasteiger partial charge in [0.15, 0.2) is 0 Å². The molecule has 1 aromatic rings. The highest BCUT2D eigenvalue weighted by Gasteiger charge is 2.21. The van der Waals surface area contributed by atoms with Crippen molar-refractivity contribution >= 4 is 11.7 Å². The van der Waals surface area contributed by atoms with Gasteiger partial charge in [-0.15, -0.1) is 0 Å². The zero-order chi connectivity index (χ0) is 11.4. The van der Waals surface area contributed by atoms with E-state index in [0.29, 0.717) is 5.56 Å². The van der Waals surface area contributed by atoms with E-state index in [-0.39, 0.29) is 0 Å². The van der Waals surface area contributed by atoms with Crippen molar-refractivity contribution in [2.45, 2.75) is 6.92 Å². The Morgan fingerprint density at radius 1 is 1.27 bits per heavy atom. The number of aryl methyl sites for hydroxylation is 1. The van der Waals surface area contributed by atoms with Gasteiger partial charge >= 0.3 is 5.91 Å². The van der Waals surface area contributed by atoms with E-state index in [1.807, 2.05) is 6.07 Å². The zero-order valence-corrected chi connectivity index (χ0v) is 8.98. The molecular weight excluding hydrogens is 194 g/mol. The maximum Gasteiger partial charge on any atom is 0.318 e. The number of likely N-dealkylation sites (N-methyl/N-ethyl adjacent to an activating group) is 1. The fourth-order valence-electron chi connectivity index (χ4n) is 1.17. The van der Waals surface area contributed by atoms with Crippen LogP contribution in [0.5, 0.6) is 0 Å². The molecule has 0 aliphatic carbocycles. The van der Waals surface area contributed by atoms with Crippen LogP contribution in [0.3, 0.4) is 0 Å². The first-order valence-corrected chi connectivity index (χ1v) is 4.50. The molecule has 0 atom stereocenters. The van der Waals surface area contributed by atoms with E-state index in [2.05, 4.69) is 4.84 Å². The average Bonchev–Trinajstić information content (AvgIpc) is 2.26. The van der Waals surface area contributed by atoms with Gasteiger partial charge < -0.3 is 0 Å². The summed E-state index contributed by atoms with van der Waals surface area (Å²) in [4.78, 5) is 27.8. The number of benzene rings is 1. The monoisotopic (exact) mass is 207 g/mol. The molecule has 15 heavy (non-hydrogen) atoms. The van der Waals surface area contributed by atoms with Crippen molar-refractivity contribution in [3.8, 4) is 0 Å². The lowest BCUT2D eigenvalue weighted by atomic mass is 10.0. The molecule has 1 aromatic carbocycles. The fraction of sp³-hybridized carbons (Fsp3) is 0.273. The van der Waals surface area contributed by atoms with Crippen molar-refractivity contribution in [2.75, 3.05) is 14.2 Å². The van der Waals surface area contributed by atoms with Crippen molar-refractivity contribution in [2.24, 2.45) is 0 Å². The minimum atomic E-state index is -0.674. The molecule has 0 aromatic heterocycles. The van der Waals surface area contributed by atoms with E-state index < -0.39 is 11.7 Å². The SMILES string of the molecule is CON(C)C(=O)C(=O)c1ccccc1C. The minimum absolute atomic E-state index is 0.409. The van der Waals surface area contributed by atoms with Gasteiger partial charge in [-0.2, -0.15) is 0 Å². The number of carbonyl (C=O) groups excluding carboxylic acids is 2. The summed E-state index contributed by atoms with van der Waals surface area (Å²) in [5.41, 5.74) is 1.19. The Bertz CT molecular complexity index is 387. The number of hydrogen-bond acceptors (Lipinski definition) is 3. The number of hydrogen-bond donors (Lipinski definition) is 0. The van der Waals surface area contributed by atoms with Gasteiger partial charge in [-0.3, -0.25) is 14.4 Å².